The summed E-state index contributed by atoms with van der Waals surface area (Å²) < 4.78 is 23.7. The number of carbonyl (C=O) groups is 1. The molecule has 34 heavy (non-hydrogen) atoms. The molecule has 1 amide bonds. The predicted octanol–water partition coefficient (Wildman–Crippen LogP) is 3.83. The lowest BCUT2D eigenvalue weighted by Gasteiger charge is -2.20. The molecule has 9 heteroatoms. The number of nitrogens with zero attached hydrogens (tertiary/aromatic N) is 4. The van der Waals surface area contributed by atoms with Gasteiger partial charge in [0.1, 0.15) is 29.2 Å². The lowest BCUT2D eigenvalue weighted by Crippen LogP contribution is -2.34. The van der Waals surface area contributed by atoms with Gasteiger partial charge in [0.2, 0.25) is 0 Å². The van der Waals surface area contributed by atoms with Crippen molar-refractivity contribution in [2.24, 2.45) is 7.05 Å². The van der Waals surface area contributed by atoms with Gasteiger partial charge in [-0.3, -0.25) is 9.36 Å². The quantitative estimate of drug-likeness (QED) is 0.517. The number of hydrogen-bond donors (Lipinski definition) is 1. The van der Waals surface area contributed by atoms with Crippen molar-refractivity contribution in [1.29, 1.82) is 5.26 Å². The van der Waals surface area contributed by atoms with Crippen LogP contribution in [0.5, 0.6) is 5.75 Å². The van der Waals surface area contributed by atoms with Gasteiger partial charge in [-0.25, -0.2) is 9.18 Å². The Balaban J connectivity index is 2.09. The van der Waals surface area contributed by atoms with E-state index in [2.05, 4.69) is 10.4 Å². The number of ether oxygens (including phenoxy) is 1. The summed E-state index contributed by atoms with van der Waals surface area (Å²) in [7, 11) is 1.57. The van der Waals surface area contributed by atoms with Crippen molar-refractivity contribution in [2.75, 3.05) is 0 Å². The highest BCUT2D eigenvalue weighted by atomic mass is 19.1. The molecule has 2 atom stereocenters. The second-order valence-electron chi connectivity index (χ2n) is 7.93. The summed E-state index contributed by atoms with van der Waals surface area (Å²) in [4.78, 5) is 25.7. The van der Waals surface area contributed by atoms with E-state index < -0.39 is 23.5 Å². The van der Waals surface area contributed by atoms with Crippen molar-refractivity contribution >= 4 is 5.91 Å². The van der Waals surface area contributed by atoms with Crippen molar-refractivity contribution in [3.05, 3.63) is 75.7 Å². The van der Waals surface area contributed by atoms with Gasteiger partial charge in [-0.15, -0.1) is 5.10 Å². The Morgan fingerprint density at radius 3 is 2.56 bits per heavy atom. The number of rotatable bonds is 9. The van der Waals surface area contributed by atoms with Crippen LogP contribution in [0.2, 0.25) is 0 Å². The molecule has 0 aliphatic heterocycles. The van der Waals surface area contributed by atoms with Crippen LogP contribution < -0.4 is 15.7 Å². The molecule has 3 rings (SSSR count). The highest BCUT2D eigenvalue weighted by Gasteiger charge is 2.24. The maximum absolute atomic E-state index is 15.2. The van der Waals surface area contributed by atoms with E-state index in [1.54, 1.807) is 7.05 Å². The van der Waals surface area contributed by atoms with E-state index in [-0.39, 0.29) is 29.5 Å². The number of halogens is 1. The zero-order valence-corrected chi connectivity index (χ0v) is 19.7. The average molecular weight is 466 g/mol. The molecule has 1 N–H and O–H groups in total. The van der Waals surface area contributed by atoms with Crippen LogP contribution in [-0.2, 0) is 13.5 Å². The Hall–Kier alpha value is -3.93. The zero-order chi connectivity index (χ0) is 24.8. The lowest BCUT2D eigenvalue weighted by atomic mass is 10.1. The molecule has 8 nitrogen and oxygen atoms in total. The minimum absolute atomic E-state index is 0.0277. The molecule has 0 aliphatic carbocycles. The summed E-state index contributed by atoms with van der Waals surface area (Å²) in [5.41, 5.74) is 0.213. The van der Waals surface area contributed by atoms with Gasteiger partial charge in [-0.2, -0.15) is 9.94 Å². The second kappa shape index (κ2) is 10.8. The Labute approximate surface area is 197 Å². The van der Waals surface area contributed by atoms with Crippen LogP contribution in [0.1, 0.15) is 61.5 Å². The van der Waals surface area contributed by atoms with E-state index in [4.69, 9.17) is 10.00 Å². The second-order valence-corrected chi connectivity index (χ2v) is 7.93. The first-order valence-electron chi connectivity index (χ1n) is 11.2. The van der Waals surface area contributed by atoms with Gasteiger partial charge >= 0.3 is 5.69 Å². The van der Waals surface area contributed by atoms with E-state index >= 15 is 4.39 Å². The van der Waals surface area contributed by atoms with E-state index in [9.17, 15) is 9.59 Å². The van der Waals surface area contributed by atoms with Gasteiger partial charge in [0.15, 0.2) is 0 Å². The molecule has 0 fully saturated rings. The highest BCUT2D eigenvalue weighted by Crippen LogP contribution is 2.30. The summed E-state index contributed by atoms with van der Waals surface area (Å²) in [6, 6.07) is 13.4. The maximum atomic E-state index is 15.2. The molecule has 0 aliphatic rings. The summed E-state index contributed by atoms with van der Waals surface area (Å²) in [5.74, 6) is -0.757. The van der Waals surface area contributed by atoms with Crippen LogP contribution >= 0.6 is 0 Å². The first kappa shape index (κ1) is 24.7. The van der Waals surface area contributed by atoms with Crippen LogP contribution in [0.25, 0.3) is 5.69 Å². The minimum Gasteiger partial charge on any atom is -0.485 e. The summed E-state index contributed by atoms with van der Waals surface area (Å²) in [6.07, 6.45) is 0.702. The largest absolute Gasteiger partial charge is 0.485 e. The monoisotopic (exact) mass is 465 g/mol. The molecule has 0 saturated heterocycles. The van der Waals surface area contributed by atoms with Crippen LogP contribution in [-0.4, -0.2) is 26.3 Å². The number of hydrogen-bond acceptors (Lipinski definition) is 5. The number of nitriles is 1. The number of aromatic nitrogens is 3. The van der Waals surface area contributed by atoms with Crippen molar-refractivity contribution in [3.8, 4) is 17.5 Å². The van der Waals surface area contributed by atoms with Crippen molar-refractivity contribution in [2.45, 2.75) is 52.2 Å². The van der Waals surface area contributed by atoms with Crippen molar-refractivity contribution < 1.29 is 13.9 Å². The van der Waals surface area contributed by atoms with Crippen LogP contribution in [0, 0.1) is 17.1 Å². The smallest absolute Gasteiger partial charge is 0.350 e. The number of benzene rings is 2. The van der Waals surface area contributed by atoms with Crippen LogP contribution in [0.4, 0.5) is 4.39 Å². The Morgan fingerprint density at radius 1 is 1.26 bits per heavy atom. The maximum Gasteiger partial charge on any atom is 0.350 e. The van der Waals surface area contributed by atoms with Gasteiger partial charge in [-0.1, -0.05) is 44.2 Å². The molecular weight excluding hydrogens is 437 g/mol. The first-order valence-corrected chi connectivity index (χ1v) is 11.2. The SMILES string of the molecule is CCc1nn(-c2cc(O[C@@H](C)c3ccccc3)c(C(=O)NC(CC)CC#N)cc2F)c(=O)n1C. The molecule has 2 aromatic carbocycles. The Bertz CT molecular complexity index is 1260. The molecular formula is C25H28FN5O3. The van der Waals surface area contributed by atoms with Gasteiger partial charge in [0.05, 0.1) is 18.1 Å². The molecule has 0 bridgehead atoms. The fourth-order valence-corrected chi connectivity index (χ4v) is 3.58. The number of carbonyl (C=O) groups excluding carboxylic acids is 1. The third-order valence-electron chi connectivity index (χ3n) is 5.65. The van der Waals surface area contributed by atoms with E-state index in [1.807, 2.05) is 57.2 Å². The topological polar surface area (TPSA) is 102 Å². The van der Waals surface area contributed by atoms with Crippen LogP contribution in [0.3, 0.4) is 0 Å². The normalized spacial score (nSPS) is 12.6. The van der Waals surface area contributed by atoms with Gasteiger partial charge in [0.25, 0.3) is 5.91 Å². The fourth-order valence-electron chi connectivity index (χ4n) is 3.58. The third kappa shape index (κ3) is 5.17. The van der Waals surface area contributed by atoms with E-state index in [0.29, 0.717) is 18.7 Å². The van der Waals surface area contributed by atoms with Gasteiger partial charge < -0.3 is 10.1 Å². The standard InChI is InChI=1S/C25H28FN5O3/c1-5-18(12-13-27)28-24(32)19-14-20(26)21(31-25(33)30(4)23(6-2)29-31)15-22(19)34-16(3)17-10-8-7-9-11-17/h7-11,14-16,18H,5-6,12H2,1-4H3,(H,28,32)/t16-,18?/m0/s1. The number of aryl methyl sites for hydroxylation is 1. The minimum atomic E-state index is -0.791. The predicted molar refractivity (Wildman–Crippen MR) is 125 cm³/mol. The van der Waals surface area contributed by atoms with Gasteiger partial charge in [0, 0.05) is 25.6 Å². The average Bonchev–Trinajstić information content (AvgIpc) is 3.13. The van der Waals surface area contributed by atoms with Crippen molar-refractivity contribution in [1.82, 2.24) is 19.7 Å². The molecule has 178 valence electrons. The summed E-state index contributed by atoms with van der Waals surface area (Å²) >= 11 is 0. The summed E-state index contributed by atoms with van der Waals surface area (Å²) in [5, 5.41) is 16.0. The van der Waals surface area contributed by atoms with Crippen molar-refractivity contribution in [3.63, 3.8) is 0 Å². The Morgan fingerprint density at radius 2 is 1.97 bits per heavy atom. The lowest BCUT2D eigenvalue weighted by molar-refractivity contribution is 0.0929. The molecule has 0 saturated carbocycles. The molecule has 0 spiro atoms. The Kier molecular flexibility index (Phi) is 7.84. The molecule has 1 heterocycles. The third-order valence-corrected chi connectivity index (χ3v) is 5.65. The first-order chi connectivity index (χ1) is 16.3. The fraction of sp³-hybridized carbons (Fsp3) is 0.360. The molecule has 3 aromatic rings. The van der Waals surface area contributed by atoms with E-state index in [1.165, 1.54) is 10.6 Å². The molecule has 1 unspecified atom stereocenters. The molecule has 0 radical (unpaired) electrons. The summed E-state index contributed by atoms with van der Waals surface area (Å²) in [6.45, 7) is 5.50. The van der Waals surface area contributed by atoms with Crippen LogP contribution in [0.15, 0.2) is 47.3 Å². The number of nitrogens with one attached hydrogen (secondary N) is 1. The highest BCUT2D eigenvalue weighted by molar-refractivity contribution is 5.97. The number of amides is 1. The molecule has 1 aromatic heterocycles. The van der Waals surface area contributed by atoms with E-state index in [0.717, 1.165) is 16.3 Å². The van der Waals surface area contributed by atoms with Gasteiger partial charge in [-0.05, 0) is 25.0 Å². The zero-order valence-electron chi connectivity index (χ0n) is 19.7.